The minimum atomic E-state index is -0.135. The second kappa shape index (κ2) is 8.28. The summed E-state index contributed by atoms with van der Waals surface area (Å²) in [6, 6.07) is 0. The Morgan fingerprint density at radius 2 is 2.06 bits per heavy atom. The number of hydrogen-bond donors (Lipinski definition) is 0. The van der Waals surface area contributed by atoms with Crippen LogP contribution in [-0.4, -0.2) is 18.4 Å². The Labute approximate surface area is 110 Å². The van der Waals surface area contributed by atoms with E-state index in [9.17, 15) is 9.59 Å². The van der Waals surface area contributed by atoms with E-state index in [1.54, 1.807) is 0 Å². The van der Waals surface area contributed by atoms with E-state index in [1.165, 1.54) is 12.8 Å². The van der Waals surface area contributed by atoms with E-state index in [0.29, 0.717) is 25.2 Å². The first kappa shape index (κ1) is 15.2. The van der Waals surface area contributed by atoms with Crippen molar-refractivity contribution < 1.29 is 14.3 Å². The van der Waals surface area contributed by atoms with E-state index in [2.05, 4.69) is 6.92 Å². The van der Waals surface area contributed by atoms with Gasteiger partial charge in [0.15, 0.2) is 0 Å². The third kappa shape index (κ3) is 5.19. The smallest absolute Gasteiger partial charge is 0.306 e. The van der Waals surface area contributed by atoms with Crippen LogP contribution in [0.5, 0.6) is 0 Å². The van der Waals surface area contributed by atoms with Crippen molar-refractivity contribution in [2.24, 2.45) is 11.8 Å². The number of unbranched alkanes of at least 4 members (excludes halogenated alkanes) is 2. The fraction of sp³-hybridized carbons (Fsp3) is 0.867. The van der Waals surface area contributed by atoms with Crippen molar-refractivity contribution in [1.82, 2.24) is 0 Å². The van der Waals surface area contributed by atoms with Gasteiger partial charge in [0, 0.05) is 18.8 Å². The maximum atomic E-state index is 11.8. The quantitative estimate of drug-likeness (QED) is 0.492. The van der Waals surface area contributed by atoms with Crippen LogP contribution in [0.4, 0.5) is 0 Å². The van der Waals surface area contributed by atoms with Crippen LogP contribution in [-0.2, 0) is 14.3 Å². The van der Waals surface area contributed by atoms with E-state index >= 15 is 0 Å². The average molecular weight is 254 g/mol. The molecule has 18 heavy (non-hydrogen) atoms. The zero-order valence-electron chi connectivity index (χ0n) is 11.7. The zero-order chi connectivity index (χ0) is 13.4. The Kier molecular flexibility index (Phi) is 6.99. The number of hydrogen-bond acceptors (Lipinski definition) is 3. The minimum absolute atomic E-state index is 0.135. The van der Waals surface area contributed by atoms with Crippen LogP contribution in [0.3, 0.4) is 0 Å². The monoisotopic (exact) mass is 254 g/mol. The van der Waals surface area contributed by atoms with Gasteiger partial charge in [-0.05, 0) is 25.2 Å². The van der Waals surface area contributed by atoms with Gasteiger partial charge >= 0.3 is 5.97 Å². The number of carbonyl (C=O) groups is 2. The zero-order valence-corrected chi connectivity index (χ0v) is 11.7. The highest BCUT2D eigenvalue weighted by molar-refractivity contribution is 5.84. The Morgan fingerprint density at radius 1 is 1.28 bits per heavy atom. The molecule has 0 spiro atoms. The molecule has 3 heteroatoms. The predicted octanol–water partition coefficient (Wildman–Crippen LogP) is 3.51. The molecule has 0 aromatic rings. The topological polar surface area (TPSA) is 43.4 Å². The maximum absolute atomic E-state index is 11.8. The van der Waals surface area contributed by atoms with Gasteiger partial charge in [0.05, 0.1) is 6.61 Å². The van der Waals surface area contributed by atoms with E-state index in [4.69, 9.17) is 4.74 Å². The molecule has 0 saturated heterocycles. The summed E-state index contributed by atoms with van der Waals surface area (Å²) < 4.78 is 5.07. The molecule has 2 atom stereocenters. The standard InChI is InChI=1S/C15H26O3/c1-3-5-6-7-13-9-12(10-14(13)16)11-15(17)18-8-4-2/h12-13H,3-11H2,1-2H3. The van der Waals surface area contributed by atoms with Crippen molar-refractivity contribution in [2.45, 2.75) is 65.2 Å². The van der Waals surface area contributed by atoms with E-state index in [0.717, 1.165) is 25.7 Å². The van der Waals surface area contributed by atoms with Crippen LogP contribution >= 0.6 is 0 Å². The molecule has 3 nitrogen and oxygen atoms in total. The van der Waals surface area contributed by atoms with Crippen LogP contribution < -0.4 is 0 Å². The summed E-state index contributed by atoms with van der Waals surface area (Å²) in [4.78, 5) is 23.3. The van der Waals surface area contributed by atoms with E-state index in [1.807, 2.05) is 6.92 Å². The highest BCUT2D eigenvalue weighted by atomic mass is 16.5. The first-order chi connectivity index (χ1) is 8.67. The minimum Gasteiger partial charge on any atom is -0.466 e. The van der Waals surface area contributed by atoms with Gasteiger partial charge in [-0.25, -0.2) is 0 Å². The molecule has 0 aliphatic heterocycles. The molecule has 0 bridgehead atoms. The molecule has 1 rings (SSSR count). The summed E-state index contributed by atoms with van der Waals surface area (Å²) in [5, 5.41) is 0. The van der Waals surface area contributed by atoms with Gasteiger partial charge in [-0.1, -0.05) is 33.1 Å². The summed E-state index contributed by atoms with van der Waals surface area (Å²) in [5.74, 6) is 0.664. The molecule has 0 aromatic heterocycles. The highest BCUT2D eigenvalue weighted by Crippen LogP contribution is 2.33. The lowest BCUT2D eigenvalue weighted by molar-refractivity contribution is -0.144. The Hall–Kier alpha value is -0.860. The first-order valence-corrected chi connectivity index (χ1v) is 7.35. The fourth-order valence-corrected chi connectivity index (χ4v) is 2.65. The molecule has 2 unspecified atom stereocenters. The lowest BCUT2D eigenvalue weighted by atomic mass is 9.97. The molecule has 0 heterocycles. The molecule has 104 valence electrons. The molecular weight excluding hydrogens is 228 g/mol. The Morgan fingerprint density at radius 3 is 2.72 bits per heavy atom. The van der Waals surface area contributed by atoms with Gasteiger partial charge in [0.1, 0.15) is 5.78 Å². The normalized spacial score (nSPS) is 23.3. The number of ketones is 1. The number of ether oxygens (including phenoxy) is 1. The molecule has 1 aliphatic carbocycles. The van der Waals surface area contributed by atoms with Crippen molar-refractivity contribution in [3.05, 3.63) is 0 Å². The van der Waals surface area contributed by atoms with Crippen molar-refractivity contribution in [1.29, 1.82) is 0 Å². The predicted molar refractivity (Wildman–Crippen MR) is 71.2 cm³/mol. The summed E-state index contributed by atoms with van der Waals surface area (Å²) in [7, 11) is 0. The van der Waals surface area contributed by atoms with Crippen molar-refractivity contribution >= 4 is 11.8 Å². The molecular formula is C15H26O3. The molecule has 0 aromatic carbocycles. The summed E-state index contributed by atoms with van der Waals surface area (Å²) in [5.41, 5.74) is 0. The van der Waals surface area contributed by atoms with Crippen LogP contribution in [0.1, 0.15) is 65.2 Å². The molecule has 1 aliphatic rings. The molecule has 0 amide bonds. The van der Waals surface area contributed by atoms with Crippen molar-refractivity contribution in [2.75, 3.05) is 6.61 Å². The van der Waals surface area contributed by atoms with Crippen LogP contribution in [0.15, 0.2) is 0 Å². The summed E-state index contributed by atoms with van der Waals surface area (Å²) >= 11 is 0. The number of Topliss-reactive ketones (excluding diaryl/α,β-unsaturated/α-hetero) is 1. The second-order valence-corrected chi connectivity index (χ2v) is 5.39. The van der Waals surface area contributed by atoms with Gasteiger partial charge in [0.25, 0.3) is 0 Å². The number of esters is 1. The summed E-state index contributed by atoms with van der Waals surface area (Å²) in [6.07, 6.45) is 7.29. The number of carbonyl (C=O) groups excluding carboxylic acids is 2. The lowest BCUT2D eigenvalue weighted by Gasteiger charge is -2.09. The van der Waals surface area contributed by atoms with Crippen LogP contribution in [0, 0.1) is 11.8 Å². The van der Waals surface area contributed by atoms with E-state index < -0.39 is 0 Å². The highest BCUT2D eigenvalue weighted by Gasteiger charge is 2.33. The largest absolute Gasteiger partial charge is 0.466 e. The average Bonchev–Trinajstić information content (AvgIpc) is 2.67. The van der Waals surface area contributed by atoms with E-state index in [-0.39, 0.29) is 17.8 Å². The van der Waals surface area contributed by atoms with Crippen molar-refractivity contribution in [3.8, 4) is 0 Å². The van der Waals surface area contributed by atoms with Crippen molar-refractivity contribution in [3.63, 3.8) is 0 Å². The third-order valence-electron chi connectivity index (χ3n) is 3.64. The van der Waals surface area contributed by atoms with Gasteiger partial charge in [-0.15, -0.1) is 0 Å². The maximum Gasteiger partial charge on any atom is 0.306 e. The fourth-order valence-electron chi connectivity index (χ4n) is 2.65. The Balaban J connectivity index is 2.25. The van der Waals surface area contributed by atoms with Gasteiger partial charge in [0.2, 0.25) is 0 Å². The molecule has 0 N–H and O–H groups in total. The van der Waals surface area contributed by atoms with Crippen LogP contribution in [0.2, 0.25) is 0 Å². The van der Waals surface area contributed by atoms with Gasteiger partial charge in [-0.2, -0.15) is 0 Å². The summed E-state index contributed by atoms with van der Waals surface area (Å²) in [6.45, 7) is 4.65. The molecule has 1 saturated carbocycles. The SMILES string of the molecule is CCCCCC1CC(CC(=O)OCCC)CC1=O. The van der Waals surface area contributed by atoms with Gasteiger partial charge in [-0.3, -0.25) is 9.59 Å². The molecule has 1 fully saturated rings. The third-order valence-corrected chi connectivity index (χ3v) is 3.64. The lowest BCUT2D eigenvalue weighted by Crippen LogP contribution is -2.10. The number of rotatable bonds is 8. The van der Waals surface area contributed by atoms with Crippen LogP contribution in [0.25, 0.3) is 0 Å². The second-order valence-electron chi connectivity index (χ2n) is 5.39. The Bertz CT molecular complexity index is 273. The first-order valence-electron chi connectivity index (χ1n) is 7.35. The molecule has 0 radical (unpaired) electrons. The van der Waals surface area contributed by atoms with Gasteiger partial charge < -0.3 is 4.74 Å².